The number of anilines is 1. The van der Waals surface area contributed by atoms with Gasteiger partial charge >= 0.3 is 5.97 Å². The molecule has 2 aromatic heterocycles. The maximum Gasteiger partial charge on any atom is 0.303 e. The fraction of sp³-hybridized carbons (Fsp3) is 0.423. The van der Waals surface area contributed by atoms with Gasteiger partial charge in [0.15, 0.2) is 12.4 Å². The molecule has 172 valence electrons. The number of fused-ring (bicyclic) bond motifs is 4. The fourth-order valence-corrected chi connectivity index (χ4v) is 4.91. The molecule has 7 heteroatoms. The van der Waals surface area contributed by atoms with Crippen LogP contribution in [-0.2, 0) is 17.9 Å². The Morgan fingerprint density at radius 3 is 2.82 bits per heavy atom. The van der Waals surface area contributed by atoms with Crippen molar-refractivity contribution in [1.82, 2.24) is 9.88 Å². The van der Waals surface area contributed by atoms with Crippen molar-refractivity contribution in [2.75, 3.05) is 31.1 Å². The van der Waals surface area contributed by atoms with Gasteiger partial charge in [0.25, 0.3) is 0 Å². The standard InChI is InChI=1S/C26H30N4O3/c1-3-29(4-2)21-14-30(15-21)20-7-8-22-24(13-20)33-17-19-12-18-9-11-28(10-5-6-25(31)32)16-23(18)27-26(19)22/h7-9,11-13,16,21H,3-6,10,14-15,17H2,1-2H3/p+1. The topological polar surface area (TPSA) is 69.8 Å². The van der Waals surface area contributed by atoms with Crippen molar-refractivity contribution in [3.05, 3.63) is 48.3 Å². The lowest BCUT2D eigenvalue weighted by molar-refractivity contribution is -0.696. The molecule has 7 nitrogen and oxygen atoms in total. The number of ether oxygens (including phenoxy) is 1. The smallest absolute Gasteiger partial charge is 0.303 e. The van der Waals surface area contributed by atoms with E-state index in [1.807, 2.05) is 23.0 Å². The maximum absolute atomic E-state index is 10.8. The van der Waals surface area contributed by atoms with Crippen molar-refractivity contribution in [2.24, 2.45) is 0 Å². The third kappa shape index (κ3) is 4.25. The Labute approximate surface area is 194 Å². The van der Waals surface area contributed by atoms with Gasteiger partial charge in [0.2, 0.25) is 0 Å². The summed E-state index contributed by atoms with van der Waals surface area (Å²) in [6.07, 6.45) is 4.76. The molecular formula is C26H31N4O3+. The van der Waals surface area contributed by atoms with Crippen LogP contribution in [0.15, 0.2) is 42.7 Å². The fourth-order valence-electron chi connectivity index (χ4n) is 4.91. The summed E-state index contributed by atoms with van der Waals surface area (Å²) in [5.41, 5.74) is 5.22. The summed E-state index contributed by atoms with van der Waals surface area (Å²) in [4.78, 5) is 20.7. The Kier molecular flexibility index (Phi) is 5.89. The summed E-state index contributed by atoms with van der Waals surface area (Å²) in [5.74, 6) is 0.129. The molecule has 0 saturated carbocycles. The number of aliphatic carboxylic acids is 1. The predicted octanol–water partition coefficient (Wildman–Crippen LogP) is 3.48. The first-order valence-corrected chi connectivity index (χ1v) is 11.9. The number of aryl methyl sites for hydroxylation is 1. The molecule has 2 aliphatic heterocycles. The first kappa shape index (κ1) is 21.6. The van der Waals surface area contributed by atoms with Crippen molar-refractivity contribution < 1.29 is 19.2 Å². The van der Waals surface area contributed by atoms with Crippen LogP contribution in [0.1, 0.15) is 32.3 Å². The van der Waals surface area contributed by atoms with E-state index in [9.17, 15) is 4.79 Å². The van der Waals surface area contributed by atoms with Crippen LogP contribution >= 0.6 is 0 Å². The second-order valence-electron chi connectivity index (χ2n) is 8.90. The van der Waals surface area contributed by atoms with Crippen LogP contribution in [0.4, 0.5) is 5.69 Å². The third-order valence-corrected chi connectivity index (χ3v) is 6.86. The number of carbonyl (C=O) groups is 1. The lowest BCUT2D eigenvalue weighted by Gasteiger charge is -2.46. The van der Waals surface area contributed by atoms with Gasteiger partial charge in [-0.1, -0.05) is 13.8 Å². The number of benzene rings is 1. The number of hydrogen-bond donors (Lipinski definition) is 1. The first-order chi connectivity index (χ1) is 16.1. The Morgan fingerprint density at radius 2 is 2.06 bits per heavy atom. The normalized spacial score (nSPS) is 15.2. The summed E-state index contributed by atoms with van der Waals surface area (Å²) in [6.45, 7) is 9.94. The number of carboxylic acid groups (broad SMARTS) is 1. The van der Waals surface area contributed by atoms with Gasteiger partial charge in [-0.05, 0) is 31.3 Å². The van der Waals surface area contributed by atoms with E-state index < -0.39 is 5.97 Å². The number of carboxylic acids is 1. The van der Waals surface area contributed by atoms with Crippen molar-refractivity contribution >= 4 is 22.6 Å². The highest BCUT2D eigenvalue weighted by molar-refractivity contribution is 5.84. The molecule has 0 radical (unpaired) electrons. The Balaban J connectivity index is 1.38. The summed E-state index contributed by atoms with van der Waals surface area (Å²) in [7, 11) is 0. The molecule has 0 aliphatic carbocycles. The van der Waals surface area contributed by atoms with Gasteiger partial charge in [0, 0.05) is 59.9 Å². The first-order valence-electron chi connectivity index (χ1n) is 11.9. The third-order valence-electron chi connectivity index (χ3n) is 6.86. The maximum atomic E-state index is 10.8. The van der Waals surface area contributed by atoms with Crippen molar-refractivity contribution in [2.45, 2.75) is 45.9 Å². The largest absolute Gasteiger partial charge is 0.488 e. The molecule has 5 rings (SSSR count). The molecule has 1 fully saturated rings. The second kappa shape index (κ2) is 8.98. The van der Waals surface area contributed by atoms with Crippen LogP contribution in [0.2, 0.25) is 0 Å². The SMILES string of the molecule is CCN(CC)C1CN(c2ccc3c(c2)OCc2cc4cc[n+](CCCC(=O)O)cc4nc2-3)C1. The zero-order valence-corrected chi connectivity index (χ0v) is 19.3. The van der Waals surface area contributed by atoms with Gasteiger partial charge in [0.1, 0.15) is 24.4 Å². The number of likely N-dealkylation sites (N-methyl/N-ethyl adjacent to an activating group) is 1. The van der Waals surface area contributed by atoms with Crippen LogP contribution in [-0.4, -0.2) is 53.2 Å². The van der Waals surface area contributed by atoms with Gasteiger partial charge in [0.05, 0.1) is 12.1 Å². The molecule has 1 aromatic carbocycles. The van der Waals surface area contributed by atoms with Crippen LogP contribution < -0.4 is 14.2 Å². The van der Waals surface area contributed by atoms with Gasteiger partial charge in [-0.3, -0.25) is 9.69 Å². The van der Waals surface area contributed by atoms with Crippen molar-refractivity contribution in [1.29, 1.82) is 0 Å². The highest BCUT2D eigenvalue weighted by atomic mass is 16.5. The van der Waals surface area contributed by atoms with E-state index in [1.165, 1.54) is 5.69 Å². The Hall–Kier alpha value is -3.19. The highest BCUT2D eigenvalue weighted by Crippen LogP contribution is 2.40. The number of aromatic nitrogens is 2. The highest BCUT2D eigenvalue weighted by Gasteiger charge is 2.31. The molecule has 0 amide bonds. The van der Waals surface area contributed by atoms with E-state index in [-0.39, 0.29) is 6.42 Å². The summed E-state index contributed by atoms with van der Waals surface area (Å²) in [6, 6.07) is 11.3. The van der Waals surface area contributed by atoms with Crippen molar-refractivity contribution in [3.63, 3.8) is 0 Å². The number of pyridine rings is 2. The lowest BCUT2D eigenvalue weighted by Crippen LogP contribution is -2.59. The van der Waals surface area contributed by atoms with Gasteiger partial charge in [-0.25, -0.2) is 9.55 Å². The van der Waals surface area contributed by atoms with E-state index in [1.54, 1.807) is 0 Å². The molecule has 1 saturated heterocycles. The minimum absolute atomic E-state index is 0.169. The quantitative estimate of drug-likeness (QED) is 0.533. The molecule has 33 heavy (non-hydrogen) atoms. The van der Waals surface area contributed by atoms with Crippen LogP contribution in [0, 0.1) is 0 Å². The van der Waals surface area contributed by atoms with E-state index in [0.717, 1.165) is 59.7 Å². The van der Waals surface area contributed by atoms with E-state index in [0.29, 0.717) is 25.6 Å². The lowest BCUT2D eigenvalue weighted by atomic mass is 9.99. The average Bonchev–Trinajstić information content (AvgIpc) is 2.79. The molecule has 4 heterocycles. The van der Waals surface area contributed by atoms with Gasteiger partial charge in [-0.2, -0.15) is 0 Å². The Morgan fingerprint density at radius 1 is 1.24 bits per heavy atom. The van der Waals surface area contributed by atoms with Gasteiger partial charge < -0.3 is 14.7 Å². The monoisotopic (exact) mass is 447 g/mol. The van der Waals surface area contributed by atoms with Crippen LogP contribution in [0.25, 0.3) is 22.2 Å². The minimum atomic E-state index is -0.763. The van der Waals surface area contributed by atoms with Crippen LogP contribution in [0.5, 0.6) is 5.75 Å². The molecule has 3 aromatic rings. The summed E-state index contributed by atoms with van der Waals surface area (Å²) < 4.78 is 8.15. The minimum Gasteiger partial charge on any atom is -0.488 e. The second-order valence-corrected chi connectivity index (χ2v) is 8.90. The van der Waals surface area contributed by atoms with E-state index >= 15 is 0 Å². The molecule has 1 N–H and O–H groups in total. The molecule has 0 bridgehead atoms. The molecular weight excluding hydrogens is 416 g/mol. The zero-order valence-electron chi connectivity index (χ0n) is 19.3. The number of nitrogens with zero attached hydrogens (tertiary/aromatic N) is 4. The van der Waals surface area contributed by atoms with Crippen LogP contribution in [0.3, 0.4) is 0 Å². The predicted molar refractivity (Wildman–Crippen MR) is 127 cm³/mol. The number of rotatable bonds is 8. The summed E-state index contributed by atoms with van der Waals surface area (Å²) in [5, 5.41) is 9.95. The van der Waals surface area contributed by atoms with Gasteiger partial charge in [-0.15, -0.1) is 0 Å². The summed E-state index contributed by atoms with van der Waals surface area (Å²) >= 11 is 0. The van der Waals surface area contributed by atoms with E-state index in [2.05, 4.69) is 47.9 Å². The molecule has 0 unspecified atom stereocenters. The zero-order chi connectivity index (χ0) is 22.9. The average molecular weight is 448 g/mol. The number of hydrogen-bond acceptors (Lipinski definition) is 5. The van der Waals surface area contributed by atoms with Crippen molar-refractivity contribution in [3.8, 4) is 17.0 Å². The molecule has 2 aliphatic rings. The Bertz CT molecular complexity index is 1190. The van der Waals surface area contributed by atoms with E-state index in [4.69, 9.17) is 14.8 Å². The molecule has 0 atom stereocenters. The molecule has 0 spiro atoms.